The molecule has 0 fully saturated rings. The van der Waals surface area contributed by atoms with Crippen molar-refractivity contribution in [1.29, 1.82) is 0 Å². The van der Waals surface area contributed by atoms with Gasteiger partial charge in [-0.05, 0) is 31.5 Å². The van der Waals surface area contributed by atoms with E-state index in [9.17, 15) is 15.0 Å². The van der Waals surface area contributed by atoms with Crippen molar-refractivity contribution in [3.63, 3.8) is 0 Å². The number of carbonyl (C=O) groups excluding carboxylic acids is 1. The maximum atomic E-state index is 12.1. The molecule has 124 valence electrons. The quantitative estimate of drug-likeness (QED) is 0.733. The summed E-state index contributed by atoms with van der Waals surface area (Å²) in [7, 11) is 0. The van der Waals surface area contributed by atoms with Crippen LogP contribution in [0.4, 0.5) is 0 Å². The lowest BCUT2D eigenvalue weighted by atomic mass is 9.92. The van der Waals surface area contributed by atoms with Gasteiger partial charge in [-0.2, -0.15) is 0 Å². The first kappa shape index (κ1) is 17.2. The molecule has 0 saturated heterocycles. The lowest BCUT2D eigenvalue weighted by molar-refractivity contribution is -0.126. The van der Waals surface area contributed by atoms with Crippen LogP contribution in [0, 0.1) is 0 Å². The van der Waals surface area contributed by atoms with Crippen LogP contribution in [0.3, 0.4) is 0 Å². The van der Waals surface area contributed by atoms with E-state index >= 15 is 0 Å². The smallest absolute Gasteiger partial charge is 0.223 e. The van der Waals surface area contributed by atoms with Gasteiger partial charge in [0.2, 0.25) is 5.91 Å². The average molecular weight is 317 g/mol. The van der Waals surface area contributed by atoms with E-state index in [0.717, 1.165) is 0 Å². The van der Waals surface area contributed by atoms with Gasteiger partial charge in [-0.3, -0.25) is 4.79 Å². The Hall–Kier alpha value is -2.11. The maximum absolute atomic E-state index is 12.1. The topological polar surface area (TPSA) is 82.7 Å². The van der Waals surface area contributed by atoms with E-state index in [1.807, 2.05) is 18.2 Å². The molecule has 3 atom stereocenters. The molecule has 1 aromatic heterocycles. The molecule has 0 spiro atoms. The van der Waals surface area contributed by atoms with Gasteiger partial charge in [0, 0.05) is 12.5 Å². The van der Waals surface area contributed by atoms with E-state index < -0.39 is 11.7 Å². The van der Waals surface area contributed by atoms with Crippen LogP contribution in [-0.2, 0) is 10.4 Å². The summed E-state index contributed by atoms with van der Waals surface area (Å²) in [6.45, 7) is 3.42. The summed E-state index contributed by atoms with van der Waals surface area (Å²) in [5.74, 6) is 0.209. The van der Waals surface area contributed by atoms with Crippen molar-refractivity contribution in [1.82, 2.24) is 5.32 Å². The van der Waals surface area contributed by atoms with Crippen molar-refractivity contribution in [3.05, 3.63) is 60.1 Å². The van der Waals surface area contributed by atoms with E-state index in [-0.39, 0.29) is 18.4 Å². The SMILES string of the molecule is CC(CC(O)c1ccco1)NC(=O)CC(C)(O)c1ccccc1. The molecular formula is C18H23NO4. The van der Waals surface area contributed by atoms with Gasteiger partial charge < -0.3 is 19.9 Å². The second kappa shape index (κ2) is 7.44. The molecule has 1 amide bonds. The van der Waals surface area contributed by atoms with Crippen molar-refractivity contribution in [2.75, 3.05) is 0 Å². The standard InChI is InChI=1S/C18H23NO4/c1-13(11-15(20)16-9-6-10-23-16)19-17(21)12-18(2,22)14-7-4-3-5-8-14/h3-10,13,15,20,22H,11-12H2,1-2H3,(H,19,21). The van der Waals surface area contributed by atoms with Gasteiger partial charge >= 0.3 is 0 Å². The first-order chi connectivity index (χ1) is 10.9. The highest BCUT2D eigenvalue weighted by atomic mass is 16.4. The highest BCUT2D eigenvalue weighted by Crippen LogP contribution is 2.24. The summed E-state index contributed by atoms with van der Waals surface area (Å²) in [6, 6.07) is 12.2. The summed E-state index contributed by atoms with van der Waals surface area (Å²) < 4.78 is 5.14. The Morgan fingerprint density at radius 3 is 2.57 bits per heavy atom. The average Bonchev–Trinajstić information content (AvgIpc) is 3.01. The Bertz CT molecular complexity index is 607. The Kier molecular flexibility index (Phi) is 5.58. The molecule has 23 heavy (non-hydrogen) atoms. The second-order valence-electron chi connectivity index (χ2n) is 6.05. The van der Waals surface area contributed by atoms with Crippen LogP contribution in [0.5, 0.6) is 0 Å². The van der Waals surface area contributed by atoms with Crippen molar-refractivity contribution >= 4 is 5.91 Å². The second-order valence-corrected chi connectivity index (χ2v) is 6.05. The molecule has 5 nitrogen and oxygen atoms in total. The predicted octanol–water partition coefficient (Wildman–Crippen LogP) is 2.51. The van der Waals surface area contributed by atoms with Gasteiger partial charge in [0.05, 0.1) is 18.3 Å². The van der Waals surface area contributed by atoms with Crippen LogP contribution in [0.15, 0.2) is 53.1 Å². The van der Waals surface area contributed by atoms with Gasteiger partial charge in [0.25, 0.3) is 0 Å². The zero-order valence-corrected chi connectivity index (χ0v) is 13.4. The minimum Gasteiger partial charge on any atom is -0.467 e. The van der Waals surface area contributed by atoms with Crippen molar-refractivity contribution in [3.8, 4) is 0 Å². The Labute approximate surface area is 136 Å². The molecule has 2 rings (SSSR count). The van der Waals surface area contributed by atoms with Gasteiger partial charge in [-0.25, -0.2) is 0 Å². The Morgan fingerprint density at radius 2 is 1.96 bits per heavy atom. The third-order valence-electron chi connectivity index (χ3n) is 3.76. The number of benzene rings is 1. The molecular weight excluding hydrogens is 294 g/mol. The number of hydrogen-bond donors (Lipinski definition) is 3. The number of amides is 1. The molecule has 2 aromatic rings. The van der Waals surface area contributed by atoms with Crippen LogP contribution in [0.25, 0.3) is 0 Å². The van der Waals surface area contributed by atoms with E-state index in [1.165, 1.54) is 6.26 Å². The molecule has 1 aromatic carbocycles. The molecule has 3 N–H and O–H groups in total. The molecule has 0 saturated carbocycles. The van der Waals surface area contributed by atoms with Gasteiger partial charge in [0.15, 0.2) is 0 Å². The third-order valence-corrected chi connectivity index (χ3v) is 3.76. The number of aliphatic hydroxyl groups is 2. The summed E-state index contributed by atoms with van der Waals surface area (Å²) >= 11 is 0. The van der Waals surface area contributed by atoms with Crippen molar-refractivity contribution in [2.24, 2.45) is 0 Å². The van der Waals surface area contributed by atoms with Crippen LogP contribution in [-0.4, -0.2) is 22.2 Å². The zero-order valence-electron chi connectivity index (χ0n) is 13.4. The summed E-state index contributed by atoms with van der Waals surface area (Å²) in [5.41, 5.74) is -0.538. The minimum atomic E-state index is -1.23. The Balaban J connectivity index is 1.86. The summed E-state index contributed by atoms with van der Waals surface area (Å²) in [5, 5.41) is 23.3. The molecule has 0 radical (unpaired) electrons. The fourth-order valence-electron chi connectivity index (χ4n) is 2.53. The lowest BCUT2D eigenvalue weighted by Gasteiger charge is -2.24. The Morgan fingerprint density at radius 1 is 1.26 bits per heavy atom. The van der Waals surface area contributed by atoms with Crippen molar-refractivity contribution in [2.45, 2.75) is 44.4 Å². The normalized spacial score (nSPS) is 16.3. The van der Waals surface area contributed by atoms with E-state index in [1.54, 1.807) is 38.1 Å². The summed E-state index contributed by atoms with van der Waals surface area (Å²) in [4.78, 5) is 12.1. The first-order valence-corrected chi connectivity index (χ1v) is 7.67. The number of aliphatic hydroxyl groups excluding tert-OH is 1. The van der Waals surface area contributed by atoms with Gasteiger partial charge in [-0.15, -0.1) is 0 Å². The molecule has 0 aliphatic rings. The van der Waals surface area contributed by atoms with Gasteiger partial charge in [-0.1, -0.05) is 30.3 Å². The van der Waals surface area contributed by atoms with Crippen LogP contribution >= 0.6 is 0 Å². The zero-order chi connectivity index (χ0) is 16.9. The molecule has 0 bridgehead atoms. The van der Waals surface area contributed by atoms with Crippen molar-refractivity contribution < 1.29 is 19.4 Å². The fraction of sp³-hybridized carbons (Fsp3) is 0.389. The number of rotatable bonds is 7. The van der Waals surface area contributed by atoms with E-state index in [2.05, 4.69) is 5.32 Å². The highest BCUT2D eigenvalue weighted by molar-refractivity contribution is 5.77. The van der Waals surface area contributed by atoms with Gasteiger partial charge in [0.1, 0.15) is 11.9 Å². The largest absolute Gasteiger partial charge is 0.467 e. The molecule has 1 heterocycles. The molecule has 0 aliphatic carbocycles. The fourth-order valence-corrected chi connectivity index (χ4v) is 2.53. The third kappa shape index (κ3) is 4.94. The summed E-state index contributed by atoms with van der Waals surface area (Å²) in [6.07, 6.45) is 1.03. The molecule has 0 aliphatic heterocycles. The van der Waals surface area contributed by atoms with Crippen LogP contribution in [0.2, 0.25) is 0 Å². The van der Waals surface area contributed by atoms with Crippen LogP contribution < -0.4 is 5.32 Å². The monoisotopic (exact) mass is 317 g/mol. The number of hydrogen-bond acceptors (Lipinski definition) is 4. The van der Waals surface area contributed by atoms with Crippen LogP contribution in [0.1, 0.15) is 44.1 Å². The first-order valence-electron chi connectivity index (χ1n) is 7.67. The maximum Gasteiger partial charge on any atom is 0.223 e. The number of nitrogens with one attached hydrogen (secondary N) is 1. The predicted molar refractivity (Wildman–Crippen MR) is 86.5 cm³/mol. The van der Waals surface area contributed by atoms with E-state index in [0.29, 0.717) is 17.7 Å². The van der Waals surface area contributed by atoms with E-state index in [4.69, 9.17) is 4.42 Å². The number of furan rings is 1. The number of carbonyl (C=O) groups is 1. The minimum absolute atomic E-state index is 0.0435. The highest BCUT2D eigenvalue weighted by Gasteiger charge is 2.27. The lowest BCUT2D eigenvalue weighted by Crippen LogP contribution is -2.38. The molecule has 5 heteroatoms. The molecule has 3 unspecified atom stereocenters.